The highest BCUT2D eigenvalue weighted by molar-refractivity contribution is 9.10. The second kappa shape index (κ2) is 6.74. The molecule has 1 heterocycles. The quantitative estimate of drug-likeness (QED) is 0.876. The molecule has 0 fully saturated rings. The van der Waals surface area contributed by atoms with Gasteiger partial charge in [0.25, 0.3) is 0 Å². The van der Waals surface area contributed by atoms with Crippen LogP contribution in [0.4, 0.5) is 0 Å². The highest BCUT2D eigenvalue weighted by Gasteiger charge is 2.18. The minimum Gasteiger partial charge on any atom is -0.310 e. The standard InChI is InChI=1S/C15H19BrClN3/c1-4-18-13(11-6-5-7-12(16)8-11)9-14-15(17)10(2)19-20(14)3/h5-8,13,18H,4,9H2,1-3H3. The van der Waals surface area contributed by atoms with Crippen LogP contribution in [0.15, 0.2) is 28.7 Å². The van der Waals surface area contributed by atoms with E-state index in [-0.39, 0.29) is 6.04 Å². The van der Waals surface area contributed by atoms with Crippen molar-refractivity contribution in [3.63, 3.8) is 0 Å². The van der Waals surface area contributed by atoms with E-state index in [4.69, 9.17) is 11.6 Å². The number of benzene rings is 1. The zero-order valence-corrected chi connectivity index (χ0v) is 14.3. The zero-order chi connectivity index (χ0) is 14.7. The molecule has 0 bridgehead atoms. The van der Waals surface area contributed by atoms with Crippen molar-refractivity contribution in [1.82, 2.24) is 15.1 Å². The van der Waals surface area contributed by atoms with Gasteiger partial charge in [0.1, 0.15) is 0 Å². The maximum absolute atomic E-state index is 6.36. The fourth-order valence-corrected chi connectivity index (χ4v) is 3.03. The molecule has 20 heavy (non-hydrogen) atoms. The largest absolute Gasteiger partial charge is 0.310 e. The average molecular weight is 357 g/mol. The van der Waals surface area contributed by atoms with Crippen molar-refractivity contribution in [3.05, 3.63) is 50.7 Å². The van der Waals surface area contributed by atoms with Crippen molar-refractivity contribution in [2.45, 2.75) is 26.3 Å². The predicted octanol–water partition coefficient (Wildman–Crippen LogP) is 4.04. The maximum Gasteiger partial charge on any atom is 0.0847 e. The molecule has 1 unspecified atom stereocenters. The van der Waals surface area contributed by atoms with E-state index in [0.717, 1.165) is 33.8 Å². The van der Waals surface area contributed by atoms with Crippen LogP contribution in [-0.2, 0) is 13.5 Å². The molecule has 0 aliphatic carbocycles. The van der Waals surface area contributed by atoms with Crippen molar-refractivity contribution in [2.75, 3.05) is 6.54 Å². The smallest absolute Gasteiger partial charge is 0.0847 e. The Hall–Kier alpha value is -0.840. The molecule has 2 aromatic rings. The van der Waals surface area contributed by atoms with E-state index in [1.165, 1.54) is 5.56 Å². The van der Waals surface area contributed by atoms with Crippen LogP contribution in [-0.4, -0.2) is 16.3 Å². The summed E-state index contributed by atoms with van der Waals surface area (Å²) < 4.78 is 2.96. The number of hydrogen-bond acceptors (Lipinski definition) is 2. The van der Waals surface area contributed by atoms with Gasteiger partial charge in [0.2, 0.25) is 0 Å². The number of rotatable bonds is 5. The van der Waals surface area contributed by atoms with Crippen LogP contribution in [0.1, 0.15) is 29.9 Å². The minimum atomic E-state index is 0.227. The molecule has 1 aromatic heterocycles. The van der Waals surface area contributed by atoms with Crippen molar-refractivity contribution >= 4 is 27.5 Å². The van der Waals surface area contributed by atoms with Crippen LogP contribution < -0.4 is 5.32 Å². The van der Waals surface area contributed by atoms with Gasteiger partial charge in [0.05, 0.1) is 16.4 Å². The Balaban J connectivity index is 2.30. The number of nitrogens with zero attached hydrogens (tertiary/aromatic N) is 2. The van der Waals surface area contributed by atoms with Gasteiger partial charge < -0.3 is 5.32 Å². The first-order valence-corrected chi connectivity index (χ1v) is 7.86. The molecule has 1 N–H and O–H groups in total. The van der Waals surface area contributed by atoms with Gasteiger partial charge in [-0.05, 0) is 31.2 Å². The lowest BCUT2D eigenvalue weighted by Crippen LogP contribution is -2.24. The van der Waals surface area contributed by atoms with Crippen LogP contribution >= 0.6 is 27.5 Å². The summed E-state index contributed by atoms with van der Waals surface area (Å²) in [5, 5.41) is 8.67. The molecule has 1 aromatic carbocycles. The molecule has 108 valence electrons. The van der Waals surface area contributed by atoms with Gasteiger partial charge in [0.15, 0.2) is 0 Å². The molecule has 0 saturated carbocycles. The monoisotopic (exact) mass is 355 g/mol. The summed E-state index contributed by atoms with van der Waals surface area (Å²) >= 11 is 9.89. The predicted molar refractivity (Wildman–Crippen MR) is 87.2 cm³/mol. The van der Waals surface area contributed by atoms with Crippen molar-refractivity contribution in [1.29, 1.82) is 0 Å². The van der Waals surface area contributed by atoms with Crippen molar-refractivity contribution in [2.24, 2.45) is 7.05 Å². The Bertz CT molecular complexity index is 595. The van der Waals surface area contributed by atoms with Crippen LogP contribution in [0.5, 0.6) is 0 Å². The van der Waals surface area contributed by atoms with Gasteiger partial charge in [-0.2, -0.15) is 5.10 Å². The molecule has 0 amide bonds. The van der Waals surface area contributed by atoms with E-state index in [1.54, 1.807) is 0 Å². The van der Waals surface area contributed by atoms with E-state index in [9.17, 15) is 0 Å². The lowest BCUT2D eigenvalue weighted by molar-refractivity contribution is 0.528. The van der Waals surface area contributed by atoms with Gasteiger partial charge in [0, 0.05) is 24.0 Å². The summed E-state index contributed by atoms with van der Waals surface area (Å²) in [5.41, 5.74) is 3.19. The van der Waals surface area contributed by atoms with E-state index in [2.05, 4.69) is 51.5 Å². The van der Waals surface area contributed by atoms with E-state index >= 15 is 0 Å². The fraction of sp³-hybridized carbons (Fsp3) is 0.400. The second-order valence-corrected chi connectivity index (χ2v) is 6.13. The summed E-state index contributed by atoms with van der Waals surface area (Å²) in [6, 6.07) is 8.59. The third kappa shape index (κ3) is 3.43. The first kappa shape index (κ1) is 15.5. The number of aryl methyl sites for hydroxylation is 2. The number of halogens is 2. The summed E-state index contributed by atoms with van der Waals surface area (Å²) in [5.74, 6) is 0. The Morgan fingerprint density at radius 2 is 2.20 bits per heavy atom. The fourth-order valence-electron chi connectivity index (χ4n) is 2.37. The van der Waals surface area contributed by atoms with Gasteiger partial charge in [-0.3, -0.25) is 4.68 Å². The number of likely N-dealkylation sites (N-methyl/N-ethyl adjacent to an activating group) is 1. The topological polar surface area (TPSA) is 29.9 Å². The maximum atomic E-state index is 6.36. The minimum absolute atomic E-state index is 0.227. The third-order valence-corrected chi connectivity index (χ3v) is 4.35. The average Bonchev–Trinajstić information content (AvgIpc) is 2.64. The number of aromatic nitrogens is 2. The highest BCUT2D eigenvalue weighted by atomic mass is 79.9. The van der Waals surface area contributed by atoms with Crippen LogP contribution in [0.3, 0.4) is 0 Å². The zero-order valence-electron chi connectivity index (χ0n) is 12.0. The summed E-state index contributed by atoms with van der Waals surface area (Å²) in [4.78, 5) is 0. The Labute approximate surface area is 133 Å². The molecule has 1 atom stereocenters. The molecule has 5 heteroatoms. The van der Waals surface area contributed by atoms with Crippen molar-refractivity contribution < 1.29 is 0 Å². The third-order valence-electron chi connectivity index (χ3n) is 3.36. The number of nitrogens with one attached hydrogen (secondary N) is 1. The van der Waals surface area contributed by atoms with E-state index in [1.807, 2.05) is 24.7 Å². The Morgan fingerprint density at radius 3 is 2.75 bits per heavy atom. The molecule has 0 spiro atoms. The number of hydrogen-bond donors (Lipinski definition) is 1. The van der Waals surface area contributed by atoms with Crippen LogP contribution in [0.25, 0.3) is 0 Å². The van der Waals surface area contributed by atoms with Gasteiger partial charge in [-0.15, -0.1) is 0 Å². The van der Waals surface area contributed by atoms with E-state index < -0.39 is 0 Å². The molecule has 0 radical (unpaired) electrons. The van der Waals surface area contributed by atoms with Crippen LogP contribution in [0.2, 0.25) is 5.02 Å². The lowest BCUT2D eigenvalue weighted by atomic mass is 10.0. The summed E-state index contributed by atoms with van der Waals surface area (Å²) in [6.07, 6.45) is 0.820. The van der Waals surface area contributed by atoms with Gasteiger partial charge in [-0.1, -0.05) is 46.6 Å². The lowest BCUT2D eigenvalue weighted by Gasteiger charge is -2.19. The second-order valence-electron chi connectivity index (χ2n) is 4.84. The first-order valence-electron chi connectivity index (χ1n) is 6.69. The van der Waals surface area contributed by atoms with Gasteiger partial charge in [-0.25, -0.2) is 0 Å². The van der Waals surface area contributed by atoms with Crippen molar-refractivity contribution in [3.8, 4) is 0 Å². The molecule has 0 saturated heterocycles. The van der Waals surface area contributed by atoms with Crippen LogP contribution in [0, 0.1) is 6.92 Å². The molecule has 2 rings (SSSR count). The molecule has 3 nitrogen and oxygen atoms in total. The normalized spacial score (nSPS) is 12.7. The Morgan fingerprint density at radius 1 is 1.45 bits per heavy atom. The summed E-state index contributed by atoms with van der Waals surface area (Å²) in [7, 11) is 1.94. The summed E-state index contributed by atoms with van der Waals surface area (Å²) in [6.45, 7) is 4.96. The Kier molecular flexibility index (Phi) is 5.24. The van der Waals surface area contributed by atoms with Gasteiger partial charge >= 0.3 is 0 Å². The molecule has 0 aliphatic rings. The molecular weight excluding hydrogens is 338 g/mol. The van der Waals surface area contributed by atoms with E-state index in [0.29, 0.717) is 0 Å². The highest BCUT2D eigenvalue weighted by Crippen LogP contribution is 2.26. The molecule has 0 aliphatic heterocycles. The SMILES string of the molecule is CCNC(Cc1c(Cl)c(C)nn1C)c1cccc(Br)c1. The first-order chi connectivity index (χ1) is 9.52. The molecular formula is C15H19BrClN3.